The van der Waals surface area contributed by atoms with Crippen LogP contribution < -0.4 is 0 Å². The zero-order chi connectivity index (χ0) is 14.8. The van der Waals surface area contributed by atoms with Gasteiger partial charge in [0.15, 0.2) is 10.8 Å². The van der Waals surface area contributed by atoms with Crippen LogP contribution in [0, 0.1) is 0 Å². The van der Waals surface area contributed by atoms with Crippen LogP contribution in [0.3, 0.4) is 0 Å². The maximum absolute atomic E-state index is 5.42. The molecule has 6 heteroatoms. The van der Waals surface area contributed by atoms with Crippen LogP contribution in [0.4, 0.5) is 0 Å². The van der Waals surface area contributed by atoms with E-state index in [-0.39, 0.29) is 0 Å². The molecule has 0 spiro atoms. The molecule has 0 unspecified atom stereocenters. The molecule has 1 aliphatic heterocycles. The predicted molar refractivity (Wildman–Crippen MR) is 85.5 cm³/mol. The zero-order valence-corrected chi connectivity index (χ0v) is 13.1. The summed E-state index contributed by atoms with van der Waals surface area (Å²) in [4.78, 5) is 7.22. The average Bonchev–Trinajstić information content (AvgIpc) is 3.28. The molecule has 0 radical (unpaired) electrons. The lowest BCUT2D eigenvalue weighted by Gasteiger charge is -2.23. The molecule has 0 bridgehead atoms. The van der Waals surface area contributed by atoms with Gasteiger partial charge in [0.25, 0.3) is 0 Å². The van der Waals surface area contributed by atoms with Crippen molar-refractivity contribution >= 4 is 11.3 Å². The van der Waals surface area contributed by atoms with Gasteiger partial charge in [-0.05, 0) is 37.6 Å². The van der Waals surface area contributed by atoms with E-state index in [2.05, 4.69) is 15.4 Å². The number of nitrogens with zero attached hydrogens (tertiary/aromatic N) is 4. The summed E-state index contributed by atoms with van der Waals surface area (Å²) in [7, 11) is 0. The van der Waals surface area contributed by atoms with Crippen molar-refractivity contribution in [1.29, 1.82) is 0 Å². The smallest absolute Gasteiger partial charge is 0.162 e. The minimum Gasteiger partial charge on any atom is -0.462 e. The standard InChI is InChI=1S/C16H18N4OS/c1-4-14(11-20-8-3-6-17-20)19(7-1)10-13-12-22-16(18-13)15-5-2-9-21-15/h2-3,5-6,8-9,12,14H,1,4,7,10-11H2/t14-/m0/s1. The molecular weight excluding hydrogens is 296 g/mol. The van der Waals surface area contributed by atoms with Crippen LogP contribution in [0.5, 0.6) is 0 Å². The molecule has 22 heavy (non-hydrogen) atoms. The molecule has 1 atom stereocenters. The first kappa shape index (κ1) is 13.7. The van der Waals surface area contributed by atoms with Crippen molar-refractivity contribution in [3.63, 3.8) is 0 Å². The van der Waals surface area contributed by atoms with Crippen molar-refractivity contribution in [3.8, 4) is 10.8 Å². The predicted octanol–water partition coefficient (Wildman–Crippen LogP) is 3.26. The normalized spacial score (nSPS) is 19.0. The van der Waals surface area contributed by atoms with E-state index in [1.165, 1.54) is 12.8 Å². The van der Waals surface area contributed by atoms with E-state index in [0.717, 1.165) is 36.1 Å². The number of aromatic nitrogens is 3. The average molecular weight is 314 g/mol. The summed E-state index contributed by atoms with van der Waals surface area (Å²) in [5, 5.41) is 7.42. The van der Waals surface area contributed by atoms with Gasteiger partial charge < -0.3 is 4.42 Å². The number of hydrogen-bond donors (Lipinski definition) is 0. The third-order valence-electron chi connectivity index (χ3n) is 4.10. The van der Waals surface area contributed by atoms with Gasteiger partial charge in [-0.25, -0.2) is 4.98 Å². The Morgan fingerprint density at radius 1 is 1.36 bits per heavy atom. The third-order valence-corrected chi connectivity index (χ3v) is 5.01. The summed E-state index contributed by atoms with van der Waals surface area (Å²) in [5.74, 6) is 0.853. The Morgan fingerprint density at radius 2 is 2.36 bits per heavy atom. The zero-order valence-electron chi connectivity index (χ0n) is 12.3. The van der Waals surface area contributed by atoms with E-state index >= 15 is 0 Å². The van der Waals surface area contributed by atoms with Crippen LogP contribution in [-0.4, -0.2) is 32.3 Å². The molecule has 4 heterocycles. The molecule has 114 valence electrons. The lowest BCUT2D eigenvalue weighted by molar-refractivity contribution is 0.217. The maximum Gasteiger partial charge on any atom is 0.162 e. The molecule has 3 aromatic rings. The second kappa shape index (κ2) is 6.06. The van der Waals surface area contributed by atoms with E-state index in [4.69, 9.17) is 9.40 Å². The van der Waals surface area contributed by atoms with E-state index in [9.17, 15) is 0 Å². The molecule has 0 amide bonds. The number of likely N-dealkylation sites (tertiary alicyclic amines) is 1. The van der Waals surface area contributed by atoms with Gasteiger partial charge in [0.2, 0.25) is 0 Å². The number of rotatable bonds is 5. The maximum atomic E-state index is 5.42. The molecule has 0 saturated carbocycles. The fourth-order valence-corrected chi connectivity index (χ4v) is 3.81. The van der Waals surface area contributed by atoms with E-state index < -0.39 is 0 Å². The van der Waals surface area contributed by atoms with Gasteiger partial charge in [-0.15, -0.1) is 11.3 Å². The Kier molecular flexibility index (Phi) is 3.78. The van der Waals surface area contributed by atoms with Gasteiger partial charge in [0.05, 0.1) is 18.5 Å². The highest BCUT2D eigenvalue weighted by molar-refractivity contribution is 7.13. The second-order valence-corrected chi connectivity index (χ2v) is 6.47. The molecule has 0 N–H and O–H groups in total. The topological polar surface area (TPSA) is 47.1 Å². The largest absolute Gasteiger partial charge is 0.462 e. The van der Waals surface area contributed by atoms with Crippen molar-refractivity contribution in [2.45, 2.75) is 32.0 Å². The highest BCUT2D eigenvalue weighted by Gasteiger charge is 2.25. The SMILES string of the molecule is c1coc(-c2nc(CN3CCC[C@H]3Cn3cccn3)cs2)c1. The Bertz CT molecular complexity index is 704. The van der Waals surface area contributed by atoms with Gasteiger partial charge in [0, 0.05) is 30.4 Å². The molecule has 1 aliphatic rings. The van der Waals surface area contributed by atoms with Crippen LogP contribution in [0.15, 0.2) is 46.7 Å². The highest BCUT2D eigenvalue weighted by atomic mass is 32.1. The van der Waals surface area contributed by atoms with Crippen LogP contribution in [0.1, 0.15) is 18.5 Å². The van der Waals surface area contributed by atoms with E-state index in [1.807, 2.05) is 35.3 Å². The lowest BCUT2D eigenvalue weighted by atomic mass is 10.2. The minimum atomic E-state index is 0.550. The lowest BCUT2D eigenvalue weighted by Crippen LogP contribution is -2.32. The molecule has 5 nitrogen and oxygen atoms in total. The summed E-state index contributed by atoms with van der Waals surface area (Å²) in [6.07, 6.45) is 8.05. The van der Waals surface area contributed by atoms with Crippen molar-refractivity contribution < 1.29 is 4.42 Å². The number of hydrogen-bond acceptors (Lipinski definition) is 5. The molecule has 0 aliphatic carbocycles. The number of furan rings is 1. The van der Waals surface area contributed by atoms with Gasteiger partial charge in [-0.3, -0.25) is 9.58 Å². The quantitative estimate of drug-likeness (QED) is 0.725. The van der Waals surface area contributed by atoms with Crippen LogP contribution >= 0.6 is 11.3 Å². The van der Waals surface area contributed by atoms with Crippen molar-refractivity contribution in [2.24, 2.45) is 0 Å². The first-order valence-corrected chi connectivity index (χ1v) is 8.46. The summed E-state index contributed by atoms with van der Waals surface area (Å²) in [6, 6.07) is 6.39. The van der Waals surface area contributed by atoms with E-state index in [0.29, 0.717) is 6.04 Å². The van der Waals surface area contributed by atoms with Crippen LogP contribution in [0.25, 0.3) is 10.8 Å². The van der Waals surface area contributed by atoms with Crippen LogP contribution in [0.2, 0.25) is 0 Å². The minimum absolute atomic E-state index is 0.550. The molecule has 1 fully saturated rings. The molecular formula is C16H18N4OS. The van der Waals surface area contributed by atoms with Crippen molar-refractivity contribution in [1.82, 2.24) is 19.7 Å². The number of thiazole rings is 1. The third kappa shape index (κ3) is 2.84. The fraction of sp³-hybridized carbons (Fsp3) is 0.375. The second-order valence-electron chi connectivity index (χ2n) is 5.62. The van der Waals surface area contributed by atoms with Crippen molar-refractivity contribution in [3.05, 3.63) is 47.9 Å². The van der Waals surface area contributed by atoms with E-state index in [1.54, 1.807) is 17.6 Å². The summed E-state index contributed by atoms with van der Waals surface area (Å²) >= 11 is 1.65. The summed E-state index contributed by atoms with van der Waals surface area (Å²) < 4.78 is 7.44. The first-order chi connectivity index (χ1) is 10.9. The van der Waals surface area contributed by atoms with Gasteiger partial charge in [-0.1, -0.05) is 0 Å². The van der Waals surface area contributed by atoms with Gasteiger partial charge in [-0.2, -0.15) is 5.10 Å². The highest BCUT2D eigenvalue weighted by Crippen LogP contribution is 2.26. The first-order valence-electron chi connectivity index (χ1n) is 7.58. The monoisotopic (exact) mass is 314 g/mol. The molecule has 4 rings (SSSR count). The van der Waals surface area contributed by atoms with Gasteiger partial charge in [0.1, 0.15) is 0 Å². The van der Waals surface area contributed by atoms with Gasteiger partial charge >= 0.3 is 0 Å². The fourth-order valence-electron chi connectivity index (χ4n) is 3.04. The summed E-state index contributed by atoms with van der Waals surface area (Å²) in [6.45, 7) is 3.00. The molecule has 0 aromatic carbocycles. The Labute approximate surface area is 133 Å². The van der Waals surface area contributed by atoms with Crippen molar-refractivity contribution in [2.75, 3.05) is 6.54 Å². The Balaban J connectivity index is 1.44. The molecule has 1 saturated heterocycles. The summed E-state index contributed by atoms with van der Waals surface area (Å²) in [5.41, 5.74) is 1.13. The van der Waals surface area contributed by atoms with Crippen LogP contribution in [-0.2, 0) is 13.1 Å². The Hall–Kier alpha value is -1.92. The molecule has 3 aromatic heterocycles. The Morgan fingerprint density at radius 3 is 3.18 bits per heavy atom.